The van der Waals surface area contributed by atoms with Crippen molar-refractivity contribution in [1.82, 2.24) is 91.5 Å². The number of halogens is 1. The quantitative estimate of drug-likeness (QED) is 0.0912. The van der Waals surface area contributed by atoms with Gasteiger partial charge in [-0.3, -0.25) is 56.7 Å². The number of rotatable bonds is 16. The molecule has 26 rings (SSSR count). The molecule has 20 aromatic rings. The third kappa shape index (κ3) is 19.8. The van der Waals surface area contributed by atoms with Crippen LogP contribution in [0.15, 0.2) is 298 Å². The number of hydrogen-bond acceptors (Lipinski definition) is 16. The van der Waals surface area contributed by atoms with E-state index in [1.165, 1.54) is 177 Å². The zero-order chi connectivity index (χ0) is 103. The van der Waals surface area contributed by atoms with Crippen LogP contribution in [0.5, 0.6) is 11.5 Å². The van der Waals surface area contributed by atoms with Crippen molar-refractivity contribution in [2.24, 2.45) is 35.2 Å². The van der Waals surface area contributed by atoms with Gasteiger partial charge >= 0.3 is 0 Å². The lowest BCUT2D eigenvalue weighted by Gasteiger charge is -2.29. The molecule has 13 aromatic heterocycles. The van der Waals surface area contributed by atoms with E-state index < -0.39 is 0 Å². The first-order valence-electron chi connectivity index (χ1n) is 52.1. The minimum Gasteiger partial charge on any atom is -0.496 e. The van der Waals surface area contributed by atoms with Crippen LogP contribution in [0.25, 0.3) is 128 Å². The highest BCUT2D eigenvalue weighted by Gasteiger charge is 2.29. The Bertz CT molecular complexity index is 8400. The summed E-state index contributed by atoms with van der Waals surface area (Å²) in [6, 6.07) is 74.9. The van der Waals surface area contributed by atoms with Crippen molar-refractivity contribution in [3.8, 4) is 84.8 Å². The molecule has 0 radical (unpaired) electrons. The number of nitrogens with zero attached hydrogens (tertiary/aromatic N) is 17. The van der Waals surface area contributed by atoms with E-state index >= 15 is 0 Å². The molecule has 0 saturated carbocycles. The fourth-order valence-corrected chi connectivity index (χ4v) is 22.9. The van der Waals surface area contributed by atoms with Crippen LogP contribution in [-0.4, -0.2) is 134 Å². The summed E-state index contributed by atoms with van der Waals surface area (Å²) in [4.78, 5) is 73.9. The van der Waals surface area contributed by atoms with Crippen molar-refractivity contribution in [3.05, 3.63) is 410 Å². The second kappa shape index (κ2) is 42.5. The fraction of sp³-hybridized carbons (Fsp3) is 0.268. The van der Waals surface area contributed by atoms with E-state index in [1.54, 1.807) is 65.4 Å². The molecule has 7 aromatic carbocycles. The van der Waals surface area contributed by atoms with Crippen molar-refractivity contribution >= 4 is 54.5 Å². The van der Waals surface area contributed by atoms with Gasteiger partial charge in [0.15, 0.2) is 0 Å². The molecule has 26 nitrogen and oxygen atoms in total. The van der Waals surface area contributed by atoms with Crippen LogP contribution in [-0.2, 0) is 106 Å². The number of ether oxygens (including phenoxy) is 2. The number of hydrogen-bond donors (Lipinski definition) is 2. The van der Waals surface area contributed by atoms with Crippen LogP contribution in [0.3, 0.4) is 0 Å². The lowest BCUT2D eigenvalue weighted by atomic mass is 9.95. The highest BCUT2D eigenvalue weighted by Crippen LogP contribution is 2.40. The topological polar surface area (TPSA) is 248 Å². The maximum absolute atomic E-state index is 13.5. The molecule has 4 aliphatic heterocycles. The molecule has 1 fully saturated rings. The van der Waals surface area contributed by atoms with Gasteiger partial charge in [-0.15, -0.1) is 0 Å². The molecule has 0 amide bonds. The molecule has 758 valence electrons. The minimum absolute atomic E-state index is 0.0433. The van der Waals surface area contributed by atoms with E-state index in [-0.39, 0.29) is 33.6 Å². The third-order valence-electron chi connectivity index (χ3n) is 31.0. The standard InChI is InChI=1S/C30H34N4O2.C24H22FN3O2.C24H23N3O.C23H22N4O.C22H21N5O/c1-31-28-12-15-33(18-17-32-13-5-6-14-32)21-27(28)26-10-9-24(19-29(26)31)34-16-11-25(20-30(34)35)36-22-23-7-3-2-4-8-23;1-27-21-7-9-26-14-20(21)19-6-4-17(13-22(19)27)28-10-8-15(11-24(28)29)18-5-3-16(25)12-23(18)30-2;1-16-7-10-21(25-15-16)17-11-12-27(24(28)13-17)18-8-9-20-19-5-3-4-6-22(19)26(2)23(20)14-18;1-15-7-10-20(25-24-15)16-11-12-27(23(28)13-16)17-8-9-19-18-5-3-4-6-21(18)26(2)22(19)14-17;1-14-3-6-19(25-24-14)15-8-10-27(22(28)11-15)16-4-5-17-18-13-23-9-7-20(18)26(2)21(17)12-16/h2-4,7-11,16,19-20H,5-6,12-15,17-18,21-22H2,1H3;3-6,8,10-13,26H,7,9,14H2,1-2H3;7-15H,3-6H2,1-2H3;7-14H,3-6H2,1-2H3;3-6,8,10-12,23H,7,9,13H2,1-2H3. The van der Waals surface area contributed by atoms with Crippen LogP contribution in [0.4, 0.5) is 4.39 Å². The maximum Gasteiger partial charge on any atom is 0.258 e. The summed E-state index contributed by atoms with van der Waals surface area (Å²) < 4.78 is 44.5. The summed E-state index contributed by atoms with van der Waals surface area (Å²) in [5, 5.41) is 29.8. The fourth-order valence-electron chi connectivity index (χ4n) is 22.9. The van der Waals surface area contributed by atoms with Gasteiger partial charge in [0, 0.05) is 258 Å². The van der Waals surface area contributed by atoms with Gasteiger partial charge in [-0.1, -0.05) is 66.7 Å². The van der Waals surface area contributed by atoms with Gasteiger partial charge in [-0.05, 0) is 276 Å². The molecule has 6 aliphatic rings. The molecular weight excluding hydrogens is 1870 g/mol. The Kier molecular flexibility index (Phi) is 27.9. The molecule has 0 unspecified atom stereocenters. The van der Waals surface area contributed by atoms with Crippen LogP contribution in [0.1, 0.15) is 117 Å². The SMILES string of the molecule is COc1cc(F)ccc1-c1ccn(-c2ccc3c4c(n(C)c3c2)CCNC4)c(=O)c1.Cc1ccc(-c2ccn(-c3ccc4c5c(n(C)c4c3)CCCC5)c(=O)c2)nc1.Cc1ccc(-c2ccn(-c3ccc4c5c(n(C)c4c3)CCCC5)c(=O)c2)nn1.Cc1ccc(-c2ccn(-c3ccc4c5c(n(C)c4c3)CCNC5)c(=O)c2)nn1.Cn1c2c(c3ccc(-n4ccc(OCc5ccccc5)cc4=O)cc31)CN(CCN1CCCC1)CC2. The predicted octanol–water partition coefficient (Wildman–Crippen LogP) is 19.4. The van der Waals surface area contributed by atoms with E-state index in [9.17, 15) is 28.4 Å². The Morgan fingerprint density at radius 3 is 1.18 bits per heavy atom. The summed E-state index contributed by atoms with van der Waals surface area (Å²) in [5.41, 5.74) is 33.9. The first-order chi connectivity index (χ1) is 73.1. The zero-order valence-electron chi connectivity index (χ0n) is 86.3. The average molecular weight is 2000 g/mol. The van der Waals surface area contributed by atoms with Crippen molar-refractivity contribution in [1.29, 1.82) is 0 Å². The van der Waals surface area contributed by atoms with Gasteiger partial charge in [0.1, 0.15) is 23.9 Å². The molecule has 17 heterocycles. The van der Waals surface area contributed by atoms with Gasteiger partial charge in [-0.25, -0.2) is 4.39 Å². The van der Waals surface area contributed by atoms with Crippen LogP contribution < -0.4 is 47.9 Å². The molecular formula is C123H122FN19O7. The molecule has 150 heavy (non-hydrogen) atoms. The minimum atomic E-state index is -0.377. The molecule has 0 bridgehead atoms. The normalized spacial score (nSPS) is 14.3. The van der Waals surface area contributed by atoms with Crippen molar-refractivity contribution in [2.75, 3.05) is 52.9 Å². The van der Waals surface area contributed by atoms with Gasteiger partial charge in [0.05, 0.1) is 91.6 Å². The van der Waals surface area contributed by atoms with E-state index in [2.05, 4.69) is 177 Å². The molecule has 2 aliphatic carbocycles. The van der Waals surface area contributed by atoms with Crippen LogP contribution in [0, 0.1) is 26.6 Å². The van der Waals surface area contributed by atoms with Crippen LogP contribution in [0.2, 0.25) is 0 Å². The van der Waals surface area contributed by atoms with Gasteiger partial charge in [0.25, 0.3) is 27.8 Å². The summed E-state index contributed by atoms with van der Waals surface area (Å²) in [5.74, 6) is 0.610. The second-order valence-electron chi connectivity index (χ2n) is 40.3. The average Bonchev–Trinajstić information content (AvgIpc) is 1.61. The summed E-state index contributed by atoms with van der Waals surface area (Å²) in [6.45, 7) is 17.0. The Morgan fingerprint density at radius 2 is 0.747 bits per heavy atom. The third-order valence-corrected chi connectivity index (χ3v) is 31.0. The smallest absolute Gasteiger partial charge is 0.258 e. The Balaban J connectivity index is 0.000000106. The molecule has 27 heteroatoms. The van der Waals surface area contributed by atoms with Gasteiger partial charge < -0.3 is 47.8 Å². The zero-order valence-corrected chi connectivity index (χ0v) is 86.3. The number of benzene rings is 7. The number of fused-ring (bicyclic) bond motifs is 15. The van der Waals surface area contributed by atoms with E-state index in [0.29, 0.717) is 40.6 Å². The number of pyridine rings is 6. The summed E-state index contributed by atoms with van der Waals surface area (Å²) in [6.07, 6.45) is 26.3. The van der Waals surface area contributed by atoms with E-state index in [1.807, 2.05) is 167 Å². The maximum atomic E-state index is 13.5. The van der Waals surface area contributed by atoms with Crippen molar-refractivity contribution in [3.63, 3.8) is 0 Å². The molecule has 0 atom stereocenters. The van der Waals surface area contributed by atoms with Gasteiger partial charge in [0.2, 0.25) is 0 Å². The Labute approximate surface area is 868 Å². The molecule has 1 saturated heterocycles. The van der Waals surface area contributed by atoms with Gasteiger partial charge in [-0.2, -0.15) is 20.4 Å². The number of methoxy groups -OCH3 is 1. The van der Waals surface area contributed by atoms with Crippen LogP contribution >= 0.6 is 0 Å². The molecule has 0 spiro atoms. The monoisotopic (exact) mass is 2000 g/mol. The highest BCUT2D eigenvalue weighted by atomic mass is 19.1. The first kappa shape index (κ1) is 98.3. The lowest BCUT2D eigenvalue weighted by molar-refractivity contribution is 0.210. The van der Waals surface area contributed by atoms with Crippen molar-refractivity contribution < 1.29 is 13.9 Å². The summed E-state index contributed by atoms with van der Waals surface area (Å²) in [7, 11) is 12.1. The number of likely N-dealkylation sites (tertiary alicyclic amines) is 1. The number of nitrogens with one attached hydrogen (secondary N) is 2. The van der Waals surface area contributed by atoms with E-state index in [4.69, 9.17) is 9.47 Å². The van der Waals surface area contributed by atoms with E-state index in [0.717, 1.165) is 175 Å². The highest BCUT2D eigenvalue weighted by molar-refractivity contribution is 5.92. The number of aromatic nitrogens is 15. The Morgan fingerprint density at radius 1 is 0.347 bits per heavy atom. The molecule has 2 N–H and O–H groups in total. The Hall–Kier alpha value is -16.3. The first-order valence-corrected chi connectivity index (χ1v) is 52.1. The predicted molar refractivity (Wildman–Crippen MR) is 594 cm³/mol. The number of aryl methyl sites for hydroxylation is 10. The lowest BCUT2D eigenvalue weighted by Crippen LogP contribution is -2.37. The van der Waals surface area contributed by atoms with Crippen molar-refractivity contribution in [2.45, 2.75) is 130 Å². The second-order valence-corrected chi connectivity index (χ2v) is 40.3. The largest absolute Gasteiger partial charge is 0.496 e. The summed E-state index contributed by atoms with van der Waals surface area (Å²) >= 11 is 0.